The van der Waals surface area contributed by atoms with E-state index in [0.29, 0.717) is 6.04 Å². The lowest BCUT2D eigenvalue weighted by Gasteiger charge is -2.24. The summed E-state index contributed by atoms with van der Waals surface area (Å²) in [6.07, 6.45) is 5.79. The van der Waals surface area contributed by atoms with Crippen molar-refractivity contribution in [3.63, 3.8) is 0 Å². The van der Waals surface area contributed by atoms with Crippen LogP contribution in [0.25, 0.3) is 10.9 Å². The Kier molecular flexibility index (Phi) is 2.83. The lowest BCUT2D eigenvalue weighted by atomic mass is 9.81. The van der Waals surface area contributed by atoms with Crippen molar-refractivity contribution < 1.29 is 0 Å². The number of aromatic nitrogens is 1. The van der Waals surface area contributed by atoms with Crippen LogP contribution in [0.5, 0.6) is 0 Å². The standard InChI is InChI=1S/C16H20N2/c1-16(8-7-14(10-16)17-2)13-9-12-5-3-4-6-15(12)18-11-13/h3-6,9,11,14,17H,7-8,10H2,1-2H3. The van der Waals surface area contributed by atoms with Crippen LogP contribution in [-0.2, 0) is 5.41 Å². The monoisotopic (exact) mass is 240 g/mol. The second kappa shape index (κ2) is 4.36. The van der Waals surface area contributed by atoms with E-state index in [1.165, 1.54) is 30.2 Å². The quantitative estimate of drug-likeness (QED) is 0.871. The normalized spacial score (nSPS) is 27.8. The first-order chi connectivity index (χ1) is 8.71. The fraction of sp³-hybridized carbons (Fsp3) is 0.438. The Morgan fingerprint density at radius 2 is 2.17 bits per heavy atom. The molecule has 18 heavy (non-hydrogen) atoms. The van der Waals surface area contributed by atoms with E-state index in [2.05, 4.69) is 54.7 Å². The molecule has 2 aromatic rings. The number of hydrogen-bond acceptors (Lipinski definition) is 2. The van der Waals surface area contributed by atoms with Crippen LogP contribution in [0.15, 0.2) is 36.5 Å². The number of para-hydroxylation sites is 1. The van der Waals surface area contributed by atoms with Gasteiger partial charge in [-0.05, 0) is 49.4 Å². The molecule has 1 saturated carbocycles. The van der Waals surface area contributed by atoms with E-state index in [0.717, 1.165) is 5.52 Å². The maximum atomic E-state index is 4.60. The van der Waals surface area contributed by atoms with Crippen LogP contribution in [-0.4, -0.2) is 18.1 Å². The topological polar surface area (TPSA) is 24.9 Å². The van der Waals surface area contributed by atoms with Gasteiger partial charge in [0.1, 0.15) is 0 Å². The van der Waals surface area contributed by atoms with Crippen LogP contribution in [0.3, 0.4) is 0 Å². The van der Waals surface area contributed by atoms with Crippen LogP contribution >= 0.6 is 0 Å². The summed E-state index contributed by atoms with van der Waals surface area (Å²) in [6, 6.07) is 11.3. The molecule has 1 aromatic heterocycles. The number of pyridine rings is 1. The van der Waals surface area contributed by atoms with Gasteiger partial charge in [0.2, 0.25) is 0 Å². The zero-order valence-corrected chi connectivity index (χ0v) is 11.1. The van der Waals surface area contributed by atoms with Crippen LogP contribution < -0.4 is 5.32 Å². The second-order valence-corrected chi connectivity index (χ2v) is 5.71. The van der Waals surface area contributed by atoms with Gasteiger partial charge in [-0.1, -0.05) is 25.1 Å². The van der Waals surface area contributed by atoms with Gasteiger partial charge in [0.15, 0.2) is 0 Å². The molecule has 94 valence electrons. The maximum Gasteiger partial charge on any atom is 0.0702 e. The number of nitrogens with zero attached hydrogens (tertiary/aromatic N) is 1. The predicted molar refractivity (Wildman–Crippen MR) is 75.8 cm³/mol. The zero-order chi connectivity index (χ0) is 12.6. The van der Waals surface area contributed by atoms with Crippen LogP contribution in [0.2, 0.25) is 0 Å². The molecule has 0 saturated heterocycles. The Labute approximate surface area is 108 Å². The number of fused-ring (bicyclic) bond motifs is 1. The number of rotatable bonds is 2. The average Bonchev–Trinajstić information content (AvgIpc) is 2.81. The van der Waals surface area contributed by atoms with Gasteiger partial charge >= 0.3 is 0 Å². The third-order valence-corrected chi connectivity index (χ3v) is 4.44. The highest BCUT2D eigenvalue weighted by molar-refractivity contribution is 5.79. The third-order valence-electron chi connectivity index (χ3n) is 4.44. The molecule has 1 aromatic carbocycles. The Bertz CT molecular complexity index is 564. The Morgan fingerprint density at radius 3 is 2.94 bits per heavy atom. The van der Waals surface area contributed by atoms with Gasteiger partial charge in [-0.3, -0.25) is 4.98 Å². The second-order valence-electron chi connectivity index (χ2n) is 5.71. The van der Waals surface area contributed by atoms with Crippen molar-refractivity contribution in [1.82, 2.24) is 10.3 Å². The van der Waals surface area contributed by atoms with Gasteiger partial charge in [-0.2, -0.15) is 0 Å². The summed E-state index contributed by atoms with van der Waals surface area (Å²) in [5, 5.41) is 4.66. The van der Waals surface area contributed by atoms with E-state index >= 15 is 0 Å². The van der Waals surface area contributed by atoms with Crippen molar-refractivity contribution in [1.29, 1.82) is 0 Å². The Balaban J connectivity index is 1.99. The molecule has 1 aliphatic carbocycles. The van der Waals surface area contributed by atoms with Crippen molar-refractivity contribution in [3.05, 3.63) is 42.1 Å². The highest BCUT2D eigenvalue weighted by atomic mass is 14.9. The van der Waals surface area contributed by atoms with Gasteiger partial charge in [0.25, 0.3) is 0 Å². The molecule has 0 bridgehead atoms. The average molecular weight is 240 g/mol. The summed E-state index contributed by atoms with van der Waals surface area (Å²) in [5.74, 6) is 0. The molecule has 0 aliphatic heterocycles. The van der Waals surface area contributed by atoms with Crippen molar-refractivity contribution in [3.8, 4) is 0 Å². The van der Waals surface area contributed by atoms with E-state index in [1.54, 1.807) is 0 Å². The number of nitrogens with one attached hydrogen (secondary N) is 1. The van der Waals surface area contributed by atoms with E-state index in [1.807, 2.05) is 6.07 Å². The molecular formula is C16H20N2. The minimum absolute atomic E-state index is 0.282. The van der Waals surface area contributed by atoms with E-state index in [-0.39, 0.29) is 5.41 Å². The van der Waals surface area contributed by atoms with E-state index < -0.39 is 0 Å². The molecule has 1 aliphatic rings. The minimum atomic E-state index is 0.282. The Morgan fingerprint density at radius 1 is 1.33 bits per heavy atom. The highest BCUT2D eigenvalue weighted by Crippen LogP contribution is 2.41. The third kappa shape index (κ3) is 1.91. The summed E-state index contributed by atoms with van der Waals surface area (Å²) in [4.78, 5) is 4.60. The highest BCUT2D eigenvalue weighted by Gasteiger charge is 2.36. The maximum absolute atomic E-state index is 4.60. The summed E-state index contributed by atoms with van der Waals surface area (Å²) in [7, 11) is 2.06. The molecule has 2 unspecified atom stereocenters. The molecule has 2 atom stereocenters. The van der Waals surface area contributed by atoms with Crippen LogP contribution in [0, 0.1) is 0 Å². The predicted octanol–water partition coefficient (Wildman–Crippen LogP) is 3.26. The van der Waals surface area contributed by atoms with Crippen molar-refractivity contribution >= 4 is 10.9 Å². The van der Waals surface area contributed by atoms with Crippen molar-refractivity contribution in [2.45, 2.75) is 37.6 Å². The smallest absolute Gasteiger partial charge is 0.0702 e. The first-order valence-corrected chi connectivity index (χ1v) is 6.74. The van der Waals surface area contributed by atoms with Gasteiger partial charge < -0.3 is 5.32 Å². The lowest BCUT2D eigenvalue weighted by molar-refractivity contribution is 0.466. The van der Waals surface area contributed by atoms with Crippen molar-refractivity contribution in [2.75, 3.05) is 7.05 Å². The number of hydrogen-bond donors (Lipinski definition) is 1. The van der Waals surface area contributed by atoms with Gasteiger partial charge in [-0.25, -0.2) is 0 Å². The lowest BCUT2D eigenvalue weighted by Crippen LogP contribution is -2.25. The Hall–Kier alpha value is -1.41. The summed E-state index contributed by atoms with van der Waals surface area (Å²) >= 11 is 0. The molecule has 0 amide bonds. The molecule has 0 radical (unpaired) electrons. The van der Waals surface area contributed by atoms with Gasteiger partial charge in [0, 0.05) is 17.6 Å². The SMILES string of the molecule is CNC1CCC(C)(c2cnc3ccccc3c2)C1. The molecule has 1 heterocycles. The van der Waals surface area contributed by atoms with E-state index in [4.69, 9.17) is 0 Å². The largest absolute Gasteiger partial charge is 0.317 e. The van der Waals surface area contributed by atoms with Gasteiger partial charge in [0.05, 0.1) is 5.52 Å². The molecule has 2 nitrogen and oxygen atoms in total. The number of benzene rings is 1. The molecule has 1 fully saturated rings. The molecule has 2 heteroatoms. The summed E-state index contributed by atoms with van der Waals surface area (Å²) in [5.41, 5.74) is 2.76. The fourth-order valence-electron chi connectivity index (χ4n) is 3.15. The van der Waals surface area contributed by atoms with E-state index in [9.17, 15) is 0 Å². The minimum Gasteiger partial charge on any atom is -0.317 e. The molecule has 3 rings (SSSR count). The fourth-order valence-corrected chi connectivity index (χ4v) is 3.15. The van der Waals surface area contributed by atoms with Crippen LogP contribution in [0.1, 0.15) is 31.7 Å². The zero-order valence-electron chi connectivity index (χ0n) is 11.1. The summed E-state index contributed by atoms with van der Waals surface area (Å²) in [6.45, 7) is 2.37. The first-order valence-electron chi connectivity index (χ1n) is 6.74. The molecule has 0 spiro atoms. The van der Waals surface area contributed by atoms with Crippen molar-refractivity contribution in [2.24, 2.45) is 0 Å². The molecule has 1 N–H and O–H groups in total. The molecular weight excluding hydrogens is 220 g/mol. The first kappa shape index (κ1) is 11.7. The van der Waals surface area contributed by atoms with Crippen LogP contribution in [0.4, 0.5) is 0 Å². The summed E-state index contributed by atoms with van der Waals surface area (Å²) < 4.78 is 0. The van der Waals surface area contributed by atoms with Gasteiger partial charge in [-0.15, -0.1) is 0 Å².